The van der Waals surface area contributed by atoms with E-state index in [0.29, 0.717) is 22.9 Å². The molecule has 1 aromatic heterocycles. The van der Waals surface area contributed by atoms with Gasteiger partial charge in [-0.3, -0.25) is 19.3 Å². The van der Waals surface area contributed by atoms with Crippen LogP contribution in [-0.2, 0) is 14.4 Å². The Hall–Kier alpha value is -3.27. The smallest absolute Gasteiger partial charge is 0.270 e. The fourth-order valence-electron chi connectivity index (χ4n) is 4.86. The Balaban J connectivity index is 1.31. The summed E-state index contributed by atoms with van der Waals surface area (Å²) in [6.07, 6.45) is 9.16. The van der Waals surface area contributed by atoms with Gasteiger partial charge in [0.2, 0.25) is 12.3 Å². The fourth-order valence-corrected chi connectivity index (χ4v) is 4.86. The number of aromatic nitrogens is 2. The summed E-state index contributed by atoms with van der Waals surface area (Å²) < 4.78 is 0. The van der Waals surface area contributed by atoms with Crippen LogP contribution < -0.4 is 21.3 Å². The van der Waals surface area contributed by atoms with Crippen LogP contribution in [0, 0.1) is 5.92 Å². The predicted octanol–water partition coefficient (Wildman–Crippen LogP) is 1.62. The van der Waals surface area contributed by atoms with Crippen molar-refractivity contribution < 1.29 is 14.4 Å². The lowest BCUT2D eigenvalue weighted by atomic mass is 9.81. The highest BCUT2D eigenvalue weighted by molar-refractivity contribution is 5.99. The van der Waals surface area contributed by atoms with Crippen LogP contribution >= 0.6 is 0 Å². The number of hydrogen-bond donors (Lipinski definition) is 4. The van der Waals surface area contributed by atoms with E-state index in [-0.39, 0.29) is 23.3 Å². The Morgan fingerprint density at radius 3 is 2.42 bits per heavy atom. The Bertz CT molecular complexity index is 1060. The van der Waals surface area contributed by atoms with Crippen LogP contribution in [0.1, 0.15) is 52.4 Å². The van der Waals surface area contributed by atoms with Crippen molar-refractivity contribution in [1.82, 2.24) is 25.5 Å². The molecule has 2 aliphatic heterocycles. The summed E-state index contributed by atoms with van der Waals surface area (Å²) in [6, 6.07) is 1.67. The number of carbonyl (C=O) groups excluding carboxylic acids is 3. The van der Waals surface area contributed by atoms with Crippen molar-refractivity contribution in [2.75, 3.05) is 17.2 Å². The Labute approximate surface area is 192 Å². The van der Waals surface area contributed by atoms with Crippen molar-refractivity contribution in [2.45, 2.75) is 63.6 Å². The predicted molar refractivity (Wildman–Crippen MR) is 121 cm³/mol. The van der Waals surface area contributed by atoms with Crippen LogP contribution in [-0.4, -0.2) is 50.8 Å². The monoisotopic (exact) mass is 451 g/mol. The lowest BCUT2D eigenvalue weighted by Gasteiger charge is -2.41. The number of nitrogens with zero attached hydrogens (tertiary/aromatic N) is 3. The quantitative estimate of drug-likeness (QED) is 0.293. The summed E-state index contributed by atoms with van der Waals surface area (Å²) in [6.45, 7) is 4.69. The molecule has 174 valence electrons. The SMILES string of the molecule is CC(/C=C(\C)Nc1cc(NC(=O)C2CC2)ncn1)=C1\C(=O)NC2(CCC3(CC2)CN3)N1C=O. The number of nitrogens with one attached hydrogen (secondary N) is 4. The average molecular weight is 452 g/mol. The fraction of sp³-hybridized carbons (Fsp3) is 0.522. The van der Waals surface area contributed by atoms with Gasteiger partial charge in [0, 0.05) is 29.8 Å². The third-order valence-corrected chi connectivity index (χ3v) is 7.08. The molecule has 4 aliphatic rings. The van der Waals surface area contributed by atoms with Crippen LogP contribution in [0.2, 0.25) is 0 Å². The highest BCUT2D eigenvalue weighted by atomic mass is 16.2. The number of anilines is 2. The summed E-state index contributed by atoms with van der Waals surface area (Å²) >= 11 is 0. The molecule has 2 spiro atoms. The van der Waals surface area contributed by atoms with Gasteiger partial charge in [0.15, 0.2) is 0 Å². The van der Waals surface area contributed by atoms with E-state index in [2.05, 4.69) is 31.2 Å². The number of allylic oxidation sites excluding steroid dienone is 3. The first-order valence-corrected chi connectivity index (χ1v) is 11.4. The Morgan fingerprint density at radius 2 is 1.82 bits per heavy atom. The standard InChI is InChI=1S/C23H29N7O3/c1-14(9-15(2)27-17-10-18(25-12-24-17)28-20(32)16-3-4-16)19-21(33)29-23(30(19)13-31)7-5-22(6-8-23)11-26-22/h9-10,12-13,16,26H,3-8,11H2,1-2H3,(H,29,33)(H2,24,25,27,28,32)/b15-9+,19-14-. The van der Waals surface area contributed by atoms with E-state index in [0.717, 1.165) is 57.2 Å². The molecule has 5 rings (SSSR count). The van der Waals surface area contributed by atoms with Crippen molar-refractivity contribution in [3.8, 4) is 0 Å². The van der Waals surface area contributed by atoms with Gasteiger partial charge in [0.25, 0.3) is 5.91 Å². The molecule has 10 nitrogen and oxygen atoms in total. The van der Waals surface area contributed by atoms with Gasteiger partial charge >= 0.3 is 0 Å². The van der Waals surface area contributed by atoms with Gasteiger partial charge in [-0.2, -0.15) is 0 Å². The second-order valence-corrected chi connectivity index (χ2v) is 9.63. The second kappa shape index (κ2) is 7.95. The van der Waals surface area contributed by atoms with Crippen LogP contribution in [0.4, 0.5) is 11.6 Å². The van der Waals surface area contributed by atoms with Gasteiger partial charge in [-0.05, 0) is 64.0 Å². The van der Waals surface area contributed by atoms with Crippen molar-refractivity contribution in [2.24, 2.45) is 5.92 Å². The molecule has 0 aromatic carbocycles. The molecule has 0 atom stereocenters. The molecule has 0 bridgehead atoms. The summed E-state index contributed by atoms with van der Waals surface area (Å²) in [5, 5.41) is 12.5. The molecule has 3 heterocycles. The van der Waals surface area contributed by atoms with Crippen molar-refractivity contribution >= 4 is 29.9 Å². The molecular weight excluding hydrogens is 422 g/mol. The topological polar surface area (TPSA) is 138 Å². The van der Waals surface area contributed by atoms with Gasteiger partial charge in [0.05, 0.1) is 0 Å². The maximum Gasteiger partial charge on any atom is 0.270 e. The third kappa shape index (κ3) is 4.22. The summed E-state index contributed by atoms with van der Waals surface area (Å²) in [5.74, 6) is 0.807. The molecule has 0 radical (unpaired) electrons. The van der Waals surface area contributed by atoms with Crippen molar-refractivity contribution in [3.05, 3.63) is 35.4 Å². The minimum atomic E-state index is -0.637. The number of rotatable bonds is 6. The maximum atomic E-state index is 12.9. The first kappa shape index (κ1) is 21.6. The summed E-state index contributed by atoms with van der Waals surface area (Å²) in [4.78, 5) is 46.8. The van der Waals surface area contributed by atoms with Gasteiger partial charge in [-0.1, -0.05) is 0 Å². The zero-order chi connectivity index (χ0) is 23.2. The molecule has 2 saturated carbocycles. The Kier molecular flexibility index (Phi) is 5.19. The number of carbonyl (C=O) groups is 3. The number of hydrogen-bond acceptors (Lipinski definition) is 7. The Morgan fingerprint density at radius 1 is 1.15 bits per heavy atom. The van der Waals surface area contributed by atoms with E-state index in [1.165, 1.54) is 6.33 Å². The van der Waals surface area contributed by atoms with Crippen LogP contribution in [0.25, 0.3) is 0 Å². The normalized spacial score (nSPS) is 30.3. The lowest BCUT2D eigenvalue weighted by molar-refractivity contribution is -0.122. The second-order valence-electron chi connectivity index (χ2n) is 9.63. The summed E-state index contributed by atoms with van der Waals surface area (Å²) in [5.41, 5.74) is 1.37. The van der Waals surface area contributed by atoms with Crippen LogP contribution in [0.5, 0.6) is 0 Å². The molecular formula is C23H29N7O3. The third-order valence-electron chi connectivity index (χ3n) is 7.08. The van der Waals surface area contributed by atoms with E-state index in [4.69, 9.17) is 0 Å². The molecule has 2 aliphatic carbocycles. The zero-order valence-electron chi connectivity index (χ0n) is 18.9. The summed E-state index contributed by atoms with van der Waals surface area (Å²) in [7, 11) is 0. The van der Waals surface area contributed by atoms with E-state index in [1.54, 1.807) is 11.0 Å². The first-order valence-electron chi connectivity index (χ1n) is 11.4. The highest BCUT2D eigenvalue weighted by Crippen LogP contribution is 2.45. The van der Waals surface area contributed by atoms with E-state index < -0.39 is 5.66 Å². The van der Waals surface area contributed by atoms with E-state index >= 15 is 0 Å². The highest BCUT2D eigenvalue weighted by Gasteiger charge is 2.55. The zero-order valence-corrected chi connectivity index (χ0v) is 18.9. The van der Waals surface area contributed by atoms with Crippen molar-refractivity contribution in [3.63, 3.8) is 0 Å². The van der Waals surface area contributed by atoms with Gasteiger partial charge < -0.3 is 21.3 Å². The molecule has 4 N–H and O–H groups in total. The molecule has 10 heteroatoms. The van der Waals surface area contributed by atoms with Gasteiger partial charge in [-0.25, -0.2) is 9.97 Å². The van der Waals surface area contributed by atoms with Crippen LogP contribution in [0.3, 0.4) is 0 Å². The average Bonchev–Trinajstić information content (AvgIpc) is 3.70. The molecule has 2 saturated heterocycles. The van der Waals surface area contributed by atoms with Crippen LogP contribution in [0.15, 0.2) is 35.4 Å². The van der Waals surface area contributed by atoms with E-state index in [9.17, 15) is 14.4 Å². The minimum absolute atomic E-state index is 0.0197. The minimum Gasteiger partial charge on any atom is -0.344 e. The van der Waals surface area contributed by atoms with E-state index in [1.807, 2.05) is 19.9 Å². The molecule has 0 unspecified atom stereocenters. The largest absolute Gasteiger partial charge is 0.344 e. The van der Waals surface area contributed by atoms with Crippen molar-refractivity contribution in [1.29, 1.82) is 0 Å². The molecule has 1 aromatic rings. The van der Waals surface area contributed by atoms with Gasteiger partial charge in [-0.15, -0.1) is 0 Å². The number of amides is 3. The first-order chi connectivity index (χ1) is 15.8. The molecule has 4 fully saturated rings. The maximum absolute atomic E-state index is 12.9. The molecule has 3 amide bonds. The van der Waals surface area contributed by atoms with Gasteiger partial charge in [0.1, 0.15) is 29.3 Å². The molecule has 33 heavy (non-hydrogen) atoms. The lowest BCUT2D eigenvalue weighted by Crippen LogP contribution is -2.54.